The molecule has 0 fully saturated rings. The Balaban J connectivity index is 2.53. The van der Waals surface area contributed by atoms with Gasteiger partial charge >= 0.3 is 0 Å². The molecule has 4 nitrogen and oxygen atoms in total. The number of rotatable bonds is 3. The SMILES string of the molecule is CCOc1ccccc1-c1ccc(C#N)c(=O)[nH]1. The Hall–Kier alpha value is -2.54. The molecule has 90 valence electrons. The fourth-order valence-corrected chi connectivity index (χ4v) is 1.69. The summed E-state index contributed by atoms with van der Waals surface area (Å²) in [5.41, 5.74) is 1.16. The third kappa shape index (κ3) is 2.25. The number of nitrogens with zero attached hydrogens (tertiary/aromatic N) is 1. The van der Waals surface area contributed by atoms with E-state index < -0.39 is 0 Å². The number of nitrogens with one attached hydrogen (secondary N) is 1. The standard InChI is InChI=1S/C14H12N2O2/c1-2-18-13-6-4-3-5-11(13)12-8-7-10(9-15)14(17)16-12/h3-8H,2H2,1H3,(H,16,17). The normalized spacial score (nSPS) is 9.78. The smallest absolute Gasteiger partial charge is 0.266 e. The van der Waals surface area contributed by atoms with Crippen LogP contribution in [0.25, 0.3) is 11.3 Å². The summed E-state index contributed by atoms with van der Waals surface area (Å²) < 4.78 is 5.50. The van der Waals surface area contributed by atoms with E-state index in [0.29, 0.717) is 18.1 Å². The number of aromatic amines is 1. The van der Waals surface area contributed by atoms with Crippen molar-refractivity contribution in [3.63, 3.8) is 0 Å². The Bertz CT molecular complexity index is 653. The van der Waals surface area contributed by atoms with Crippen molar-refractivity contribution in [3.05, 3.63) is 52.3 Å². The van der Waals surface area contributed by atoms with Gasteiger partial charge in [-0.25, -0.2) is 0 Å². The lowest BCUT2D eigenvalue weighted by atomic mass is 10.1. The van der Waals surface area contributed by atoms with Crippen molar-refractivity contribution in [1.82, 2.24) is 4.98 Å². The van der Waals surface area contributed by atoms with Gasteiger partial charge in [-0.2, -0.15) is 5.26 Å². The largest absolute Gasteiger partial charge is 0.493 e. The first kappa shape index (κ1) is 11.9. The van der Waals surface area contributed by atoms with Gasteiger partial charge in [0.1, 0.15) is 17.4 Å². The van der Waals surface area contributed by atoms with Crippen LogP contribution in [-0.2, 0) is 0 Å². The predicted molar refractivity (Wildman–Crippen MR) is 68.4 cm³/mol. The highest BCUT2D eigenvalue weighted by Crippen LogP contribution is 2.27. The summed E-state index contributed by atoms with van der Waals surface area (Å²) >= 11 is 0. The third-order valence-corrected chi connectivity index (χ3v) is 2.51. The first-order valence-electron chi connectivity index (χ1n) is 5.62. The van der Waals surface area contributed by atoms with Crippen LogP contribution in [0.1, 0.15) is 12.5 Å². The summed E-state index contributed by atoms with van der Waals surface area (Å²) in [4.78, 5) is 14.3. The molecule has 0 bridgehead atoms. The van der Waals surface area contributed by atoms with Gasteiger partial charge in [0, 0.05) is 5.56 Å². The molecule has 0 saturated heterocycles. The van der Waals surface area contributed by atoms with Crippen LogP contribution in [0.4, 0.5) is 0 Å². The minimum absolute atomic E-state index is 0.104. The van der Waals surface area contributed by atoms with E-state index in [1.807, 2.05) is 37.3 Å². The average Bonchev–Trinajstić information content (AvgIpc) is 2.40. The van der Waals surface area contributed by atoms with Crippen LogP contribution in [0.15, 0.2) is 41.2 Å². The van der Waals surface area contributed by atoms with Crippen molar-refractivity contribution in [1.29, 1.82) is 5.26 Å². The minimum atomic E-state index is -0.388. The molecule has 0 amide bonds. The van der Waals surface area contributed by atoms with E-state index in [1.54, 1.807) is 6.07 Å². The molecule has 0 spiro atoms. The third-order valence-electron chi connectivity index (χ3n) is 2.51. The lowest BCUT2D eigenvalue weighted by Gasteiger charge is -2.09. The number of ether oxygens (including phenoxy) is 1. The maximum absolute atomic E-state index is 11.6. The number of hydrogen-bond acceptors (Lipinski definition) is 3. The number of aromatic nitrogens is 1. The lowest BCUT2D eigenvalue weighted by Crippen LogP contribution is -2.10. The predicted octanol–water partition coefficient (Wildman–Crippen LogP) is 2.31. The molecule has 0 atom stereocenters. The van der Waals surface area contributed by atoms with Crippen LogP contribution in [-0.4, -0.2) is 11.6 Å². The molecule has 0 saturated carbocycles. The van der Waals surface area contributed by atoms with Gasteiger partial charge in [-0.05, 0) is 31.2 Å². The van der Waals surface area contributed by atoms with Crippen molar-refractivity contribution < 1.29 is 4.74 Å². The molecule has 1 aromatic heterocycles. The van der Waals surface area contributed by atoms with Crippen LogP contribution < -0.4 is 10.3 Å². The van der Waals surface area contributed by atoms with E-state index >= 15 is 0 Å². The molecule has 1 aromatic carbocycles. The Morgan fingerprint density at radius 2 is 2.06 bits per heavy atom. The van der Waals surface area contributed by atoms with E-state index in [4.69, 9.17) is 10.00 Å². The molecule has 1 heterocycles. The van der Waals surface area contributed by atoms with Crippen LogP contribution in [0.3, 0.4) is 0 Å². The fraction of sp³-hybridized carbons (Fsp3) is 0.143. The molecule has 18 heavy (non-hydrogen) atoms. The van der Waals surface area contributed by atoms with Crippen molar-refractivity contribution >= 4 is 0 Å². The molecule has 1 N–H and O–H groups in total. The number of pyridine rings is 1. The highest BCUT2D eigenvalue weighted by Gasteiger charge is 2.07. The van der Waals surface area contributed by atoms with E-state index in [0.717, 1.165) is 5.56 Å². The second-order valence-corrected chi connectivity index (χ2v) is 3.66. The summed E-state index contributed by atoms with van der Waals surface area (Å²) in [7, 11) is 0. The minimum Gasteiger partial charge on any atom is -0.493 e. The summed E-state index contributed by atoms with van der Waals surface area (Å²) in [5.74, 6) is 0.709. The van der Waals surface area contributed by atoms with Crippen molar-refractivity contribution in [2.45, 2.75) is 6.92 Å². The molecular formula is C14H12N2O2. The monoisotopic (exact) mass is 240 g/mol. The Kier molecular flexibility index (Phi) is 3.44. The molecule has 0 aliphatic carbocycles. The van der Waals surface area contributed by atoms with Gasteiger partial charge in [0.25, 0.3) is 5.56 Å². The fourth-order valence-electron chi connectivity index (χ4n) is 1.69. The van der Waals surface area contributed by atoms with E-state index in [1.165, 1.54) is 6.07 Å². The zero-order valence-corrected chi connectivity index (χ0v) is 9.93. The Labute approximate surface area is 104 Å². The highest BCUT2D eigenvalue weighted by atomic mass is 16.5. The second kappa shape index (κ2) is 5.19. The molecule has 2 rings (SSSR count). The number of para-hydroxylation sites is 1. The highest BCUT2D eigenvalue weighted by molar-refractivity contribution is 5.67. The van der Waals surface area contributed by atoms with E-state index in [9.17, 15) is 4.79 Å². The van der Waals surface area contributed by atoms with Gasteiger partial charge in [0.05, 0.1) is 12.3 Å². The van der Waals surface area contributed by atoms with Gasteiger partial charge in [-0.3, -0.25) is 4.79 Å². The first-order chi connectivity index (χ1) is 8.76. The Morgan fingerprint density at radius 1 is 1.28 bits per heavy atom. The molecule has 4 heteroatoms. The molecule has 0 unspecified atom stereocenters. The van der Waals surface area contributed by atoms with E-state index in [2.05, 4.69) is 4.98 Å². The molecule has 0 radical (unpaired) electrons. The number of nitriles is 1. The van der Waals surface area contributed by atoms with Crippen molar-refractivity contribution in [3.8, 4) is 23.1 Å². The molecule has 0 aliphatic rings. The number of H-pyrrole nitrogens is 1. The molecular weight excluding hydrogens is 228 g/mol. The maximum atomic E-state index is 11.6. The summed E-state index contributed by atoms with van der Waals surface area (Å²) in [6.45, 7) is 2.45. The lowest BCUT2D eigenvalue weighted by molar-refractivity contribution is 0.341. The summed E-state index contributed by atoms with van der Waals surface area (Å²) in [6, 6.07) is 12.5. The summed E-state index contributed by atoms with van der Waals surface area (Å²) in [5, 5.41) is 8.72. The zero-order chi connectivity index (χ0) is 13.0. The average molecular weight is 240 g/mol. The molecule has 0 aliphatic heterocycles. The van der Waals surface area contributed by atoms with Crippen LogP contribution in [0.5, 0.6) is 5.75 Å². The quantitative estimate of drug-likeness (QED) is 0.895. The van der Waals surface area contributed by atoms with Crippen molar-refractivity contribution in [2.75, 3.05) is 6.61 Å². The van der Waals surface area contributed by atoms with Crippen molar-refractivity contribution in [2.24, 2.45) is 0 Å². The van der Waals surface area contributed by atoms with Crippen LogP contribution in [0, 0.1) is 11.3 Å². The maximum Gasteiger partial charge on any atom is 0.266 e. The van der Waals surface area contributed by atoms with Crippen LogP contribution >= 0.6 is 0 Å². The van der Waals surface area contributed by atoms with Crippen LogP contribution in [0.2, 0.25) is 0 Å². The van der Waals surface area contributed by atoms with Gasteiger partial charge in [0.2, 0.25) is 0 Å². The van der Waals surface area contributed by atoms with Gasteiger partial charge in [-0.1, -0.05) is 12.1 Å². The zero-order valence-electron chi connectivity index (χ0n) is 9.93. The first-order valence-corrected chi connectivity index (χ1v) is 5.62. The number of benzene rings is 1. The topological polar surface area (TPSA) is 65.9 Å². The summed E-state index contributed by atoms with van der Waals surface area (Å²) in [6.07, 6.45) is 0. The second-order valence-electron chi connectivity index (χ2n) is 3.66. The van der Waals surface area contributed by atoms with E-state index in [-0.39, 0.29) is 11.1 Å². The Morgan fingerprint density at radius 3 is 2.72 bits per heavy atom. The van der Waals surface area contributed by atoms with Gasteiger partial charge in [-0.15, -0.1) is 0 Å². The molecule has 2 aromatic rings. The van der Waals surface area contributed by atoms with Gasteiger partial charge in [0.15, 0.2) is 0 Å². The number of hydrogen-bond donors (Lipinski definition) is 1. The van der Waals surface area contributed by atoms with Gasteiger partial charge < -0.3 is 9.72 Å².